The minimum absolute atomic E-state index is 0.243. The van der Waals surface area contributed by atoms with Gasteiger partial charge in [0.25, 0.3) is 0 Å². The number of halogens is 1. The van der Waals surface area contributed by atoms with E-state index < -0.39 is 0 Å². The fourth-order valence-corrected chi connectivity index (χ4v) is 4.27. The van der Waals surface area contributed by atoms with Gasteiger partial charge in [0.15, 0.2) is 0 Å². The summed E-state index contributed by atoms with van der Waals surface area (Å²) < 4.78 is 21.0. The molecule has 0 fully saturated rings. The summed E-state index contributed by atoms with van der Waals surface area (Å²) in [6.07, 6.45) is 4.91. The average molecular weight is 379 g/mol. The molecule has 4 nitrogen and oxygen atoms in total. The molecule has 1 aromatic heterocycles. The smallest absolute Gasteiger partial charge is 0.125 e. The van der Waals surface area contributed by atoms with Crippen molar-refractivity contribution in [1.82, 2.24) is 9.78 Å². The lowest BCUT2D eigenvalue weighted by atomic mass is 9.82. The monoisotopic (exact) mass is 379 g/mol. The van der Waals surface area contributed by atoms with Crippen molar-refractivity contribution in [2.75, 3.05) is 13.7 Å². The van der Waals surface area contributed by atoms with Gasteiger partial charge < -0.3 is 10.5 Å². The molecule has 0 aliphatic heterocycles. The SMILES string of the molecule is COc1ccc(Cc2nn(-c3cccc(F)c3)c3c2C(CCN)CCC3)cc1. The van der Waals surface area contributed by atoms with E-state index in [0.717, 1.165) is 49.2 Å². The molecule has 1 atom stereocenters. The first-order valence-corrected chi connectivity index (χ1v) is 9.89. The van der Waals surface area contributed by atoms with E-state index in [1.807, 2.05) is 22.9 Å². The molecule has 28 heavy (non-hydrogen) atoms. The highest BCUT2D eigenvalue weighted by molar-refractivity contribution is 5.43. The Hall–Kier alpha value is -2.66. The van der Waals surface area contributed by atoms with Crippen LogP contribution in [0.5, 0.6) is 5.75 Å². The maximum atomic E-state index is 13.8. The van der Waals surface area contributed by atoms with Crippen LogP contribution in [-0.4, -0.2) is 23.4 Å². The van der Waals surface area contributed by atoms with Gasteiger partial charge in [-0.1, -0.05) is 18.2 Å². The number of hydrogen-bond donors (Lipinski definition) is 1. The summed E-state index contributed by atoms with van der Waals surface area (Å²) in [6, 6.07) is 14.8. The average Bonchev–Trinajstić information content (AvgIpc) is 3.08. The molecule has 2 N–H and O–H groups in total. The van der Waals surface area contributed by atoms with Gasteiger partial charge in [0.05, 0.1) is 18.5 Å². The van der Waals surface area contributed by atoms with Gasteiger partial charge in [-0.05, 0) is 74.0 Å². The van der Waals surface area contributed by atoms with Gasteiger partial charge >= 0.3 is 0 Å². The van der Waals surface area contributed by atoms with Crippen LogP contribution in [0.2, 0.25) is 0 Å². The molecule has 1 aliphatic carbocycles. The van der Waals surface area contributed by atoms with Crippen LogP contribution >= 0.6 is 0 Å². The number of nitrogens with zero attached hydrogens (tertiary/aromatic N) is 2. The Morgan fingerprint density at radius 3 is 2.75 bits per heavy atom. The van der Waals surface area contributed by atoms with Crippen molar-refractivity contribution in [3.05, 3.63) is 76.9 Å². The van der Waals surface area contributed by atoms with Crippen LogP contribution < -0.4 is 10.5 Å². The highest BCUT2D eigenvalue weighted by Gasteiger charge is 2.28. The molecule has 0 spiro atoms. The quantitative estimate of drug-likeness (QED) is 0.691. The van der Waals surface area contributed by atoms with Gasteiger partial charge in [0.1, 0.15) is 11.6 Å². The zero-order chi connectivity index (χ0) is 19.5. The van der Waals surface area contributed by atoms with Crippen LogP contribution in [0.25, 0.3) is 5.69 Å². The Labute approximate surface area is 165 Å². The van der Waals surface area contributed by atoms with Crippen molar-refractivity contribution in [3.63, 3.8) is 0 Å². The third-order valence-electron chi connectivity index (χ3n) is 5.57. The maximum absolute atomic E-state index is 13.8. The van der Waals surface area contributed by atoms with E-state index in [9.17, 15) is 4.39 Å². The van der Waals surface area contributed by atoms with Crippen LogP contribution in [0.15, 0.2) is 48.5 Å². The molecule has 4 rings (SSSR count). The van der Waals surface area contributed by atoms with Gasteiger partial charge in [-0.3, -0.25) is 0 Å². The summed E-state index contributed by atoms with van der Waals surface area (Å²) in [5, 5.41) is 4.95. The molecule has 1 unspecified atom stereocenters. The molecule has 0 radical (unpaired) electrons. The highest BCUT2D eigenvalue weighted by atomic mass is 19.1. The first-order valence-electron chi connectivity index (χ1n) is 9.89. The first-order chi connectivity index (χ1) is 13.7. The Bertz CT molecular complexity index is 949. The second kappa shape index (κ2) is 8.15. The van der Waals surface area contributed by atoms with Crippen molar-refractivity contribution in [2.24, 2.45) is 5.73 Å². The molecule has 0 bridgehead atoms. The van der Waals surface area contributed by atoms with E-state index in [2.05, 4.69) is 12.1 Å². The van der Waals surface area contributed by atoms with Gasteiger partial charge in [-0.2, -0.15) is 5.10 Å². The summed E-state index contributed by atoms with van der Waals surface area (Å²) in [5.41, 5.74) is 11.5. The van der Waals surface area contributed by atoms with E-state index in [-0.39, 0.29) is 5.82 Å². The van der Waals surface area contributed by atoms with Crippen LogP contribution in [-0.2, 0) is 12.8 Å². The number of fused-ring (bicyclic) bond motifs is 1. The summed E-state index contributed by atoms with van der Waals surface area (Å²) >= 11 is 0. The minimum atomic E-state index is -0.243. The van der Waals surface area contributed by atoms with Crippen LogP contribution in [0.1, 0.15) is 47.7 Å². The van der Waals surface area contributed by atoms with Gasteiger partial charge in [0, 0.05) is 17.7 Å². The van der Waals surface area contributed by atoms with Crippen LogP contribution in [0.3, 0.4) is 0 Å². The Kier molecular flexibility index (Phi) is 5.44. The predicted molar refractivity (Wildman–Crippen MR) is 109 cm³/mol. The third kappa shape index (κ3) is 3.67. The van der Waals surface area contributed by atoms with Crippen LogP contribution in [0.4, 0.5) is 4.39 Å². The number of rotatable bonds is 6. The fourth-order valence-electron chi connectivity index (χ4n) is 4.27. The lowest BCUT2D eigenvalue weighted by molar-refractivity contribution is 0.414. The van der Waals surface area contributed by atoms with E-state index in [0.29, 0.717) is 12.5 Å². The lowest BCUT2D eigenvalue weighted by Crippen LogP contribution is -2.16. The van der Waals surface area contributed by atoms with Gasteiger partial charge in [-0.25, -0.2) is 9.07 Å². The second-order valence-corrected chi connectivity index (χ2v) is 7.39. The van der Waals surface area contributed by atoms with E-state index in [1.54, 1.807) is 19.2 Å². The molecule has 1 aliphatic rings. The van der Waals surface area contributed by atoms with Crippen LogP contribution in [0, 0.1) is 5.82 Å². The molecule has 146 valence electrons. The minimum Gasteiger partial charge on any atom is -0.497 e. The van der Waals surface area contributed by atoms with Crippen molar-refractivity contribution < 1.29 is 9.13 Å². The topological polar surface area (TPSA) is 53.1 Å². The van der Waals surface area contributed by atoms with Crippen molar-refractivity contribution >= 4 is 0 Å². The molecule has 5 heteroatoms. The van der Waals surface area contributed by atoms with Crippen molar-refractivity contribution in [2.45, 2.75) is 38.0 Å². The predicted octanol–water partition coefficient (Wildman–Crippen LogP) is 4.38. The first kappa shape index (κ1) is 18.7. The third-order valence-corrected chi connectivity index (χ3v) is 5.57. The lowest BCUT2D eigenvalue weighted by Gasteiger charge is -2.24. The maximum Gasteiger partial charge on any atom is 0.125 e. The molecule has 3 aromatic rings. The van der Waals surface area contributed by atoms with Gasteiger partial charge in [-0.15, -0.1) is 0 Å². The zero-order valence-electron chi connectivity index (χ0n) is 16.2. The number of ether oxygens (including phenoxy) is 1. The number of methoxy groups -OCH3 is 1. The van der Waals surface area contributed by atoms with Gasteiger partial charge in [0.2, 0.25) is 0 Å². The standard InChI is InChI=1S/C23H26FN3O/c1-28-20-10-8-16(9-11-20)14-21-23-17(12-13-25)4-2-7-22(23)27(26-21)19-6-3-5-18(24)15-19/h3,5-6,8-11,15,17H,2,4,7,12-14,25H2,1H3. The summed E-state index contributed by atoms with van der Waals surface area (Å²) in [5.74, 6) is 1.02. The normalized spacial score (nSPS) is 16.0. The fraction of sp³-hybridized carbons (Fsp3) is 0.348. The molecule has 0 amide bonds. The number of hydrogen-bond acceptors (Lipinski definition) is 3. The molecule has 2 aromatic carbocycles. The molecule has 0 saturated heterocycles. The Morgan fingerprint density at radius 2 is 2.04 bits per heavy atom. The van der Waals surface area contributed by atoms with E-state index in [4.69, 9.17) is 15.6 Å². The number of aromatic nitrogens is 2. The number of benzene rings is 2. The highest BCUT2D eigenvalue weighted by Crippen LogP contribution is 2.38. The Balaban J connectivity index is 1.78. The van der Waals surface area contributed by atoms with Crippen molar-refractivity contribution in [3.8, 4) is 11.4 Å². The second-order valence-electron chi connectivity index (χ2n) is 7.39. The summed E-state index contributed by atoms with van der Waals surface area (Å²) in [7, 11) is 1.67. The zero-order valence-corrected chi connectivity index (χ0v) is 16.2. The molecule has 1 heterocycles. The summed E-state index contributed by atoms with van der Waals surface area (Å²) in [6.45, 7) is 0.664. The van der Waals surface area contributed by atoms with E-state index in [1.165, 1.54) is 22.9 Å². The largest absolute Gasteiger partial charge is 0.497 e. The van der Waals surface area contributed by atoms with Crippen molar-refractivity contribution in [1.29, 1.82) is 0 Å². The molecule has 0 saturated carbocycles. The Morgan fingerprint density at radius 1 is 1.21 bits per heavy atom. The summed E-state index contributed by atoms with van der Waals surface area (Å²) in [4.78, 5) is 0. The molecular formula is C23H26FN3O. The molecular weight excluding hydrogens is 353 g/mol. The number of nitrogens with two attached hydrogens (primary N) is 1. The van der Waals surface area contributed by atoms with E-state index >= 15 is 0 Å².